The molecule has 1 atom stereocenters. The van der Waals surface area contributed by atoms with Crippen molar-refractivity contribution in [2.24, 2.45) is 0 Å². The van der Waals surface area contributed by atoms with Gasteiger partial charge in [-0.2, -0.15) is 0 Å². The van der Waals surface area contributed by atoms with Crippen LogP contribution in [-0.4, -0.2) is 25.9 Å². The SMILES string of the molecule is COc1ccc(OCC(=O)N[C@H](C)c2cccc(Cl)c2)c(C=O)c1. The first kappa shape index (κ1) is 17.8. The lowest BCUT2D eigenvalue weighted by atomic mass is 10.1. The first-order valence-electron chi connectivity index (χ1n) is 7.34. The molecule has 2 aromatic carbocycles. The van der Waals surface area contributed by atoms with Crippen molar-refractivity contribution in [3.05, 3.63) is 58.6 Å². The van der Waals surface area contributed by atoms with Crippen molar-refractivity contribution < 1.29 is 19.1 Å². The third kappa shape index (κ3) is 4.73. The molecule has 0 aliphatic heterocycles. The van der Waals surface area contributed by atoms with Crippen molar-refractivity contribution in [3.8, 4) is 11.5 Å². The Morgan fingerprint density at radius 3 is 2.75 bits per heavy atom. The van der Waals surface area contributed by atoms with Crippen molar-refractivity contribution in [1.29, 1.82) is 0 Å². The summed E-state index contributed by atoms with van der Waals surface area (Å²) in [6.45, 7) is 1.66. The maximum Gasteiger partial charge on any atom is 0.258 e. The van der Waals surface area contributed by atoms with Gasteiger partial charge < -0.3 is 14.8 Å². The zero-order chi connectivity index (χ0) is 17.5. The number of halogens is 1. The molecule has 126 valence electrons. The molecule has 5 nitrogen and oxygen atoms in total. The van der Waals surface area contributed by atoms with E-state index in [0.717, 1.165) is 5.56 Å². The number of carbonyl (C=O) groups excluding carboxylic acids is 2. The highest BCUT2D eigenvalue weighted by atomic mass is 35.5. The highest BCUT2D eigenvalue weighted by molar-refractivity contribution is 6.30. The van der Waals surface area contributed by atoms with E-state index in [2.05, 4.69) is 5.32 Å². The first-order chi connectivity index (χ1) is 11.5. The van der Waals surface area contributed by atoms with Gasteiger partial charge in [0.15, 0.2) is 12.9 Å². The second-order valence-electron chi connectivity index (χ2n) is 5.15. The molecule has 0 saturated carbocycles. The van der Waals surface area contributed by atoms with Gasteiger partial charge in [0.05, 0.1) is 18.7 Å². The quantitative estimate of drug-likeness (QED) is 0.779. The Balaban J connectivity index is 1.95. The fraction of sp³-hybridized carbons (Fsp3) is 0.222. The van der Waals surface area contributed by atoms with Gasteiger partial charge >= 0.3 is 0 Å². The fourth-order valence-electron chi connectivity index (χ4n) is 2.16. The van der Waals surface area contributed by atoms with Crippen LogP contribution in [0.5, 0.6) is 11.5 Å². The molecule has 24 heavy (non-hydrogen) atoms. The monoisotopic (exact) mass is 347 g/mol. The first-order valence-corrected chi connectivity index (χ1v) is 7.72. The van der Waals surface area contributed by atoms with Crippen molar-refractivity contribution in [2.45, 2.75) is 13.0 Å². The van der Waals surface area contributed by atoms with Gasteiger partial charge in [0.25, 0.3) is 5.91 Å². The number of methoxy groups -OCH3 is 1. The zero-order valence-corrected chi connectivity index (χ0v) is 14.2. The van der Waals surface area contributed by atoms with Gasteiger partial charge in [0.2, 0.25) is 0 Å². The van der Waals surface area contributed by atoms with E-state index in [1.54, 1.807) is 30.3 Å². The number of nitrogens with one attached hydrogen (secondary N) is 1. The third-order valence-electron chi connectivity index (χ3n) is 3.43. The molecule has 0 aliphatic rings. The zero-order valence-electron chi connectivity index (χ0n) is 13.4. The van der Waals surface area contributed by atoms with Crippen LogP contribution >= 0.6 is 11.6 Å². The Labute approximate surface area is 145 Å². The summed E-state index contributed by atoms with van der Waals surface area (Å²) in [4.78, 5) is 23.1. The largest absolute Gasteiger partial charge is 0.497 e. The van der Waals surface area contributed by atoms with Crippen LogP contribution in [0.1, 0.15) is 28.9 Å². The van der Waals surface area contributed by atoms with E-state index >= 15 is 0 Å². The molecule has 2 aromatic rings. The number of carbonyl (C=O) groups is 2. The molecule has 0 aliphatic carbocycles. The van der Waals surface area contributed by atoms with E-state index < -0.39 is 0 Å². The Bertz CT molecular complexity index is 733. The lowest BCUT2D eigenvalue weighted by molar-refractivity contribution is -0.123. The van der Waals surface area contributed by atoms with E-state index in [-0.39, 0.29) is 18.6 Å². The van der Waals surface area contributed by atoms with Crippen LogP contribution < -0.4 is 14.8 Å². The second-order valence-corrected chi connectivity index (χ2v) is 5.59. The smallest absolute Gasteiger partial charge is 0.258 e. The lowest BCUT2D eigenvalue weighted by Crippen LogP contribution is -2.31. The second kappa shape index (κ2) is 8.36. The summed E-state index contributed by atoms with van der Waals surface area (Å²) in [6, 6.07) is 11.9. The van der Waals surface area contributed by atoms with Gasteiger partial charge in [-0.05, 0) is 42.8 Å². The van der Waals surface area contributed by atoms with Crippen LogP contribution in [0.3, 0.4) is 0 Å². The third-order valence-corrected chi connectivity index (χ3v) is 3.66. The molecule has 2 rings (SSSR count). The van der Waals surface area contributed by atoms with Gasteiger partial charge in [0, 0.05) is 5.02 Å². The minimum absolute atomic E-state index is 0.196. The van der Waals surface area contributed by atoms with Crippen molar-refractivity contribution in [3.63, 3.8) is 0 Å². The molecule has 0 bridgehead atoms. The standard InChI is InChI=1S/C18H18ClNO4/c1-12(13-4-3-5-15(19)8-13)20-18(22)11-24-17-7-6-16(23-2)9-14(17)10-21/h3-10,12H,11H2,1-2H3,(H,20,22)/t12-/m1/s1. The van der Waals surface area contributed by atoms with E-state index in [4.69, 9.17) is 21.1 Å². The van der Waals surface area contributed by atoms with E-state index in [9.17, 15) is 9.59 Å². The summed E-state index contributed by atoms with van der Waals surface area (Å²) < 4.78 is 10.5. The van der Waals surface area contributed by atoms with Crippen molar-refractivity contribution in [2.75, 3.05) is 13.7 Å². The van der Waals surface area contributed by atoms with Crippen LogP contribution in [0.4, 0.5) is 0 Å². The minimum Gasteiger partial charge on any atom is -0.497 e. The molecule has 0 heterocycles. The molecule has 0 fully saturated rings. The predicted octanol–water partition coefficient (Wildman–Crippen LogP) is 3.42. The maximum atomic E-state index is 12.0. The number of hydrogen-bond donors (Lipinski definition) is 1. The molecular formula is C18H18ClNO4. The summed E-state index contributed by atoms with van der Waals surface area (Å²) in [5.74, 6) is 0.579. The normalized spacial score (nSPS) is 11.5. The molecule has 0 spiro atoms. The molecule has 0 unspecified atom stereocenters. The van der Waals surface area contributed by atoms with E-state index in [1.807, 2.05) is 19.1 Å². The van der Waals surface area contributed by atoms with Crippen LogP contribution in [0, 0.1) is 0 Å². The number of hydrogen-bond acceptors (Lipinski definition) is 4. The Morgan fingerprint density at radius 1 is 1.29 bits per heavy atom. The van der Waals surface area contributed by atoms with E-state index in [1.165, 1.54) is 7.11 Å². The topological polar surface area (TPSA) is 64.6 Å². The van der Waals surface area contributed by atoms with Crippen LogP contribution in [0.15, 0.2) is 42.5 Å². The molecule has 6 heteroatoms. The molecular weight excluding hydrogens is 330 g/mol. The lowest BCUT2D eigenvalue weighted by Gasteiger charge is -2.15. The van der Waals surface area contributed by atoms with E-state index in [0.29, 0.717) is 28.4 Å². The average molecular weight is 348 g/mol. The van der Waals surface area contributed by atoms with Gasteiger partial charge in [-0.15, -0.1) is 0 Å². The van der Waals surface area contributed by atoms with Gasteiger partial charge in [-0.1, -0.05) is 23.7 Å². The summed E-state index contributed by atoms with van der Waals surface area (Å²) >= 11 is 5.94. The molecule has 0 radical (unpaired) electrons. The summed E-state index contributed by atoms with van der Waals surface area (Å²) in [5, 5.41) is 3.43. The number of aldehydes is 1. The summed E-state index contributed by atoms with van der Waals surface area (Å²) in [7, 11) is 1.51. The highest BCUT2D eigenvalue weighted by Crippen LogP contribution is 2.22. The van der Waals surface area contributed by atoms with Gasteiger partial charge in [0.1, 0.15) is 11.5 Å². The molecule has 1 N–H and O–H groups in total. The number of benzene rings is 2. The molecule has 0 aromatic heterocycles. The Kier molecular flexibility index (Phi) is 6.21. The van der Waals surface area contributed by atoms with Gasteiger partial charge in [-0.3, -0.25) is 9.59 Å². The van der Waals surface area contributed by atoms with Crippen molar-refractivity contribution in [1.82, 2.24) is 5.32 Å². The summed E-state index contributed by atoms with van der Waals surface area (Å²) in [6.07, 6.45) is 0.657. The van der Waals surface area contributed by atoms with Crippen molar-refractivity contribution >= 4 is 23.8 Å². The molecule has 0 saturated heterocycles. The summed E-state index contributed by atoms with van der Waals surface area (Å²) in [5.41, 5.74) is 1.22. The average Bonchev–Trinajstić information content (AvgIpc) is 2.59. The number of ether oxygens (including phenoxy) is 2. The number of amides is 1. The minimum atomic E-state index is -0.296. The Morgan fingerprint density at radius 2 is 2.08 bits per heavy atom. The van der Waals surface area contributed by atoms with Crippen LogP contribution in [0.2, 0.25) is 5.02 Å². The van der Waals surface area contributed by atoms with Crippen LogP contribution in [0.25, 0.3) is 0 Å². The predicted molar refractivity (Wildman–Crippen MR) is 91.9 cm³/mol. The van der Waals surface area contributed by atoms with Crippen LogP contribution in [-0.2, 0) is 4.79 Å². The molecule has 1 amide bonds. The number of rotatable bonds is 7. The van der Waals surface area contributed by atoms with Gasteiger partial charge in [-0.25, -0.2) is 0 Å². The fourth-order valence-corrected chi connectivity index (χ4v) is 2.36. The maximum absolute atomic E-state index is 12.0. The highest BCUT2D eigenvalue weighted by Gasteiger charge is 2.12. The Hall–Kier alpha value is -2.53.